The Kier molecular flexibility index (Phi) is 7.18. The van der Waals surface area contributed by atoms with E-state index in [2.05, 4.69) is 22.4 Å². The first-order chi connectivity index (χ1) is 13.9. The summed E-state index contributed by atoms with van der Waals surface area (Å²) in [7, 11) is 1.58. The molecule has 1 amide bonds. The van der Waals surface area contributed by atoms with Gasteiger partial charge < -0.3 is 14.6 Å². The van der Waals surface area contributed by atoms with E-state index in [0.29, 0.717) is 29.7 Å². The van der Waals surface area contributed by atoms with Gasteiger partial charge in [-0.2, -0.15) is 0 Å². The molecule has 3 rings (SSSR count). The lowest BCUT2D eigenvalue weighted by Gasteiger charge is -2.38. The van der Waals surface area contributed by atoms with Crippen LogP contribution >= 0.6 is 11.3 Å². The molecule has 1 aliphatic heterocycles. The van der Waals surface area contributed by atoms with Gasteiger partial charge in [0.05, 0.1) is 6.54 Å². The number of methoxy groups -OCH3 is 1. The molecular formula is C20H28N4O4S. The van der Waals surface area contributed by atoms with Crippen LogP contribution in [0.4, 0.5) is 5.13 Å². The highest BCUT2D eigenvalue weighted by Gasteiger charge is 2.34. The van der Waals surface area contributed by atoms with E-state index in [9.17, 15) is 9.90 Å². The van der Waals surface area contributed by atoms with Gasteiger partial charge in [0.1, 0.15) is 29.6 Å². The molecule has 158 valence electrons. The SMILES string of the molecule is COCc1nnc(NC(=O)CN2CCCC(O)(COc3ccc(C)c(C)c3)C2)s1. The summed E-state index contributed by atoms with van der Waals surface area (Å²) in [6, 6.07) is 5.91. The van der Waals surface area contributed by atoms with Crippen LogP contribution < -0.4 is 10.1 Å². The fraction of sp³-hybridized carbons (Fsp3) is 0.550. The van der Waals surface area contributed by atoms with Crippen molar-refractivity contribution in [2.24, 2.45) is 0 Å². The van der Waals surface area contributed by atoms with Crippen molar-refractivity contribution in [3.8, 4) is 5.75 Å². The van der Waals surface area contributed by atoms with Crippen LogP contribution in [0.1, 0.15) is 29.0 Å². The third-order valence-corrected chi connectivity index (χ3v) is 5.78. The topological polar surface area (TPSA) is 96.8 Å². The third kappa shape index (κ3) is 6.20. The summed E-state index contributed by atoms with van der Waals surface area (Å²) in [5.41, 5.74) is 1.38. The molecule has 1 unspecified atom stereocenters. The number of aryl methyl sites for hydroxylation is 2. The van der Waals surface area contributed by atoms with Gasteiger partial charge in [-0.05, 0) is 56.5 Å². The molecule has 0 saturated carbocycles. The molecule has 0 radical (unpaired) electrons. The number of β-amino-alcohol motifs (C(OH)–C–C–N with tert-alkyl or cyclic N) is 1. The Morgan fingerprint density at radius 1 is 1.34 bits per heavy atom. The zero-order valence-corrected chi connectivity index (χ0v) is 17.9. The normalized spacial score (nSPS) is 19.9. The number of nitrogens with one attached hydrogen (secondary N) is 1. The first kappa shape index (κ1) is 21.6. The molecule has 9 heteroatoms. The van der Waals surface area contributed by atoms with Gasteiger partial charge in [-0.1, -0.05) is 17.4 Å². The van der Waals surface area contributed by atoms with E-state index < -0.39 is 5.60 Å². The Hall–Kier alpha value is -2.07. The molecule has 1 atom stereocenters. The van der Waals surface area contributed by atoms with E-state index >= 15 is 0 Å². The van der Waals surface area contributed by atoms with Gasteiger partial charge in [-0.3, -0.25) is 15.0 Å². The maximum atomic E-state index is 12.3. The largest absolute Gasteiger partial charge is 0.491 e. The average molecular weight is 421 g/mol. The fourth-order valence-electron chi connectivity index (χ4n) is 3.33. The van der Waals surface area contributed by atoms with Gasteiger partial charge in [-0.15, -0.1) is 10.2 Å². The lowest BCUT2D eigenvalue weighted by atomic mass is 9.93. The van der Waals surface area contributed by atoms with Crippen LogP contribution in [-0.2, 0) is 16.1 Å². The molecule has 0 bridgehead atoms. The quantitative estimate of drug-likeness (QED) is 0.675. The van der Waals surface area contributed by atoms with Gasteiger partial charge in [0, 0.05) is 13.7 Å². The highest BCUT2D eigenvalue weighted by Crippen LogP contribution is 2.24. The van der Waals surface area contributed by atoms with Gasteiger partial charge in [0.15, 0.2) is 0 Å². The highest BCUT2D eigenvalue weighted by molar-refractivity contribution is 7.15. The number of benzene rings is 1. The summed E-state index contributed by atoms with van der Waals surface area (Å²) in [5, 5.41) is 22.8. The number of aliphatic hydroxyl groups is 1. The van der Waals surface area contributed by atoms with Crippen molar-refractivity contribution in [3.05, 3.63) is 34.3 Å². The van der Waals surface area contributed by atoms with Crippen LogP contribution in [0.2, 0.25) is 0 Å². The Bertz CT molecular complexity index is 844. The standard InChI is InChI=1S/C20H28N4O4S/c1-14-5-6-16(9-15(14)2)28-13-20(26)7-4-8-24(12-20)10-17(25)21-19-23-22-18(29-19)11-27-3/h5-6,9,26H,4,7-8,10-13H2,1-3H3,(H,21,23,25). The molecule has 2 N–H and O–H groups in total. The number of likely N-dealkylation sites (tertiary alicyclic amines) is 1. The van der Waals surface area contributed by atoms with Gasteiger partial charge in [0.25, 0.3) is 0 Å². The molecule has 1 aromatic heterocycles. The van der Waals surface area contributed by atoms with Crippen molar-refractivity contribution in [1.82, 2.24) is 15.1 Å². The number of ether oxygens (including phenoxy) is 2. The van der Waals surface area contributed by atoms with Crippen molar-refractivity contribution >= 4 is 22.4 Å². The van der Waals surface area contributed by atoms with Gasteiger partial charge >= 0.3 is 0 Å². The van der Waals surface area contributed by atoms with Crippen LogP contribution in [0.25, 0.3) is 0 Å². The monoisotopic (exact) mass is 420 g/mol. The van der Waals surface area contributed by atoms with E-state index in [-0.39, 0.29) is 19.1 Å². The van der Waals surface area contributed by atoms with Crippen molar-refractivity contribution in [1.29, 1.82) is 0 Å². The van der Waals surface area contributed by atoms with Crippen molar-refractivity contribution in [2.75, 3.05) is 38.7 Å². The second kappa shape index (κ2) is 9.62. The molecule has 8 nitrogen and oxygen atoms in total. The second-order valence-electron chi connectivity index (χ2n) is 7.56. The van der Waals surface area contributed by atoms with Gasteiger partial charge in [-0.25, -0.2) is 0 Å². The second-order valence-corrected chi connectivity index (χ2v) is 8.62. The first-order valence-corrected chi connectivity index (χ1v) is 10.4. The summed E-state index contributed by atoms with van der Waals surface area (Å²) < 4.78 is 10.9. The summed E-state index contributed by atoms with van der Waals surface area (Å²) in [4.78, 5) is 14.3. The smallest absolute Gasteiger partial charge is 0.240 e. The zero-order valence-electron chi connectivity index (χ0n) is 17.1. The summed E-state index contributed by atoms with van der Waals surface area (Å²) in [6.45, 7) is 5.98. The predicted octanol–water partition coefficient (Wildman–Crippen LogP) is 2.15. The predicted molar refractivity (Wildman–Crippen MR) is 111 cm³/mol. The summed E-state index contributed by atoms with van der Waals surface area (Å²) >= 11 is 1.29. The lowest BCUT2D eigenvalue weighted by molar-refractivity contribution is -0.119. The number of carbonyl (C=O) groups is 1. The first-order valence-electron chi connectivity index (χ1n) is 9.63. The number of amides is 1. The van der Waals surface area contributed by atoms with Crippen LogP contribution in [0.15, 0.2) is 18.2 Å². The number of aromatic nitrogens is 2. The Balaban J connectivity index is 1.50. The average Bonchev–Trinajstić information content (AvgIpc) is 3.10. The minimum absolute atomic E-state index is 0.176. The number of anilines is 1. The van der Waals surface area contributed by atoms with E-state index in [0.717, 1.165) is 24.3 Å². The number of carbonyl (C=O) groups excluding carboxylic acids is 1. The van der Waals surface area contributed by atoms with Crippen LogP contribution in [-0.4, -0.2) is 65.1 Å². The lowest BCUT2D eigenvalue weighted by Crippen LogP contribution is -2.53. The Morgan fingerprint density at radius 2 is 2.17 bits per heavy atom. The van der Waals surface area contributed by atoms with Crippen molar-refractivity contribution < 1.29 is 19.4 Å². The molecule has 2 heterocycles. The molecule has 1 fully saturated rings. The van der Waals surface area contributed by atoms with Crippen molar-refractivity contribution in [3.63, 3.8) is 0 Å². The maximum Gasteiger partial charge on any atom is 0.240 e. The van der Waals surface area contributed by atoms with Crippen LogP contribution in [0.3, 0.4) is 0 Å². The van der Waals surface area contributed by atoms with E-state index in [1.54, 1.807) is 7.11 Å². The summed E-state index contributed by atoms with van der Waals surface area (Å²) in [6.07, 6.45) is 1.45. The molecule has 0 spiro atoms. The van der Waals surface area contributed by atoms with E-state index in [1.807, 2.05) is 30.0 Å². The van der Waals surface area contributed by atoms with E-state index in [4.69, 9.17) is 9.47 Å². The van der Waals surface area contributed by atoms with Crippen LogP contribution in [0.5, 0.6) is 5.75 Å². The third-order valence-electron chi connectivity index (χ3n) is 4.97. The van der Waals surface area contributed by atoms with Gasteiger partial charge in [0.2, 0.25) is 11.0 Å². The number of hydrogen-bond acceptors (Lipinski definition) is 8. The molecule has 0 aliphatic carbocycles. The van der Waals surface area contributed by atoms with Crippen molar-refractivity contribution in [2.45, 2.75) is 38.9 Å². The number of hydrogen-bond donors (Lipinski definition) is 2. The molecule has 1 saturated heterocycles. The Morgan fingerprint density at radius 3 is 2.93 bits per heavy atom. The van der Waals surface area contributed by atoms with E-state index in [1.165, 1.54) is 16.9 Å². The number of nitrogens with zero attached hydrogens (tertiary/aromatic N) is 3. The summed E-state index contributed by atoms with van der Waals surface area (Å²) in [5.74, 6) is 0.573. The minimum Gasteiger partial charge on any atom is -0.491 e. The maximum absolute atomic E-state index is 12.3. The fourth-order valence-corrected chi connectivity index (χ4v) is 4.06. The molecule has 1 aliphatic rings. The van der Waals surface area contributed by atoms with Crippen LogP contribution in [0, 0.1) is 13.8 Å². The zero-order chi connectivity index (χ0) is 20.9. The molecular weight excluding hydrogens is 392 g/mol. The number of rotatable bonds is 8. The molecule has 2 aromatic rings. The molecule has 29 heavy (non-hydrogen) atoms. The number of piperidine rings is 1. The Labute approximate surface area is 174 Å². The highest BCUT2D eigenvalue weighted by atomic mass is 32.1. The molecule has 1 aromatic carbocycles. The minimum atomic E-state index is -0.980.